The average molecular weight is 417 g/mol. The van der Waals surface area contributed by atoms with E-state index in [0.29, 0.717) is 44.1 Å². The topological polar surface area (TPSA) is 89.2 Å². The van der Waals surface area contributed by atoms with Gasteiger partial charge in [0.1, 0.15) is 17.4 Å². The lowest BCUT2D eigenvalue weighted by Crippen LogP contribution is -2.52. The highest BCUT2D eigenvalue weighted by molar-refractivity contribution is 7.17. The van der Waals surface area contributed by atoms with Crippen LogP contribution in [-0.2, 0) is 9.53 Å². The van der Waals surface area contributed by atoms with Crippen molar-refractivity contribution in [1.82, 2.24) is 24.0 Å². The van der Waals surface area contributed by atoms with Crippen LogP contribution >= 0.6 is 11.3 Å². The van der Waals surface area contributed by atoms with Crippen LogP contribution in [0.3, 0.4) is 0 Å². The zero-order chi connectivity index (χ0) is 20.7. The summed E-state index contributed by atoms with van der Waals surface area (Å²) >= 11 is 1.57. The Morgan fingerprint density at radius 3 is 2.59 bits per heavy atom. The Morgan fingerprint density at radius 2 is 1.90 bits per heavy atom. The van der Waals surface area contributed by atoms with Gasteiger partial charge in [0.2, 0.25) is 5.91 Å². The summed E-state index contributed by atoms with van der Waals surface area (Å²) in [5.41, 5.74) is 1.18. The van der Waals surface area contributed by atoms with Gasteiger partial charge in [0.15, 0.2) is 0 Å². The van der Waals surface area contributed by atoms with E-state index in [1.165, 1.54) is 4.68 Å². The molecule has 1 aliphatic heterocycles. The maximum Gasteiger partial charge on any atom is 0.409 e. The number of nitrogens with zero attached hydrogens (tertiary/aromatic N) is 5. The molecule has 1 fully saturated rings. The second-order valence-corrected chi connectivity index (χ2v) is 7.97. The molecule has 2 amide bonds. The molecular weight excluding hydrogens is 394 g/mol. The van der Waals surface area contributed by atoms with Crippen molar-refractivity contribution in [3.8, 4) is 0 Å². The van der Waals surface area contributed by atoms with E-state index in [9.17, 15) is 14.4 Å². The number of rotatable bonds is 3. The monoisotopic (exact) mass is 417 g/mol. The van der Waals surface area contributed by atoms with Gasteiger partial charge in [-0.25, -0.2) is 9.48 Å². The third kappa shape index (κ3) is 3.27. The van der Waals surface area contributed by atoms with Crippen molar-refractivity contribution in [2.45, 2.75) is 26.8 Å². The van der Waals surface area contributed by atoms with Gasteiger partial charge in [-0.05, 0) is 38.3 Å². The number of piperazine rings is 1. The minimum Gasteiger partial charge on any atom is -0.450 e. The molecule has 1 aliphatic rings. The summed E-state index contributed by atoms with van der Waals surface area (Å²) in [7, 11) is 0. The fraction of sp³-hybridized carbons (Fsp3) is 0.474. The number of carbonyl (C=O) groups excluding carboxylic acids is 2. The molecule has 10 heteroatoms. The van der Waals surface area contributed by atoms with Gasteiger partial charge < -0.3 is 14.5 Å². The first-order valence-electron chi connectivity index (χ1n) is 9.61. The summed E-state index contributed by atoms with van der Waals surface area (Å²) in [4.78, 5) is 41.1. The van der Waals surface area contributed by atoms with E-state index in [2.05, 4.69) is 5.10 Å². The van der Waals surface area contributed by atoms with Gasteiger partial charge in [-0.15, -0.1) is 11.3 Å². The van der Waals surface area contributed by atoms with Crippen molar-refractivity contribution in [3.05, 3.63) is 33.7 Å². The average Bonchev–Trinajstić information content (AvgIpc) is 3.31. The zero-order valence-corrected chi connectivity index (χ0v) is 17.4. The van der Waals surface area contributed by atoms with Gasteiger partial charge in [0.25, 0.3) is 5.56 Å². The van der Waals surface area contributed by atoms with Crippen LogP contribution in [0.1, 0.15) is 25.7 Å². The van der Waals surface area contributed by atoms with Gasteiger partial charge in [0, 0.05) is 26.2 Å². The van der Waals surface area contributed by atoms with Crippen LogP contribution < -0.4 is 5.56 Å². The van der Waals surface area contributed by atoms with E-state index in [0.717, 1.165) is 10.2 Å². The van der Waals surface area contributed by atoms with Crippen LogP contribution in [0.4, 0.5) is 4.79 Å². The van der Waals surface area contributed by atoms with Crippen molar-refractivity contribution in [2.75, 3.05) is 32.8 Å². The van der Waals surface area contributed by atoms with Gasteiger partial charge in [-0.1, -0.05) is 0 Å². The molecule has 1 saturated heterocycles. The summed E-state index contributed by atoms with van der Waals surface area (Å²) in [5, 5.41) is 6.40. The quantitative estimate of drug-likeness (QED) is 0.649. The number of thiophene rings is 1. The van der Waals surface area contributed by atoms with E-state index in [1.54, 1.807) is 35.0 Å². The Hall–Kier alpha value is -2.88. The molecule has 4 rings (SSSR count). The molecule has 29 heavy (non-hydrogen) atoms. The van der Waals surface area contributed by atoms with Crippen molar-refractivity contribution in [2.24, 2.45) is 0 Å². The van der Waals surface area contributed by atoms with Crippen LogP contribution in [0.2, 0.25) is 0 Å². The molecular formula is C19H23N5O4S. The lowest BCUT2D eigenvalue weighted by molar-refractivity contribution is -0.136. The van der Waals surface area contributed by atoms with Crippen molar-refractivity contribution >= 4 is 39.1 Å². The van der Waals surface area contributed by atoms with E-state index < -0.39 is 6.04 Å². The summed E-state index contributed by atoms with van der Waals surface area (Å²) in [5.74, 6) is 0.472. The van der Waals surface area contributed by atoms with Crippen LogP contribution in [0.5, 0.6) is 0 Å². The number of carbonyl (C=O) groups is 2. The van der Waals surface area contributed by atoms with Crippen molar-refractivity contribution in [1.29, 1.82) is 0 Å². The predicted octanol–water partition coefficient (Wildman–Crippen LogP) is 1.88. The molecule has 0 aliphatic carbocycles. The molecule has 0 spiro atoms. The zero-order valence-electron chi connectivity index (χ0n) is 16.6. The minimum atomic E-state index is -0.728. The fourth-order valence-electron chi connectivity index (χ4n) is 3.75. The highest BCUT2D eigenvalue weighted by Gasteiger charge is 2.29. The number of hydrogen-bond donors (Lipinski definition) is 0. The predicted molar refractivity (Wildman–Crippen MR) is 109 cm³/mol. The van der Waals surface area contributed by atoms with Crippen molar-refractivity contribution in [3.63, 3.8) is 0 Å². The Balaban J connectivity index is 1.57. The number of amides is 2. The fourth-order valence-corrected chi connectivity index (χ4v) is 4.55. The number of hydrogen-bond acceptors (Lipinski definition) is 6. The van der Waals surface area contributed by atoms with E-state index in [4.69, 9.17) is 4.74 Å². The van der Waals surface area contributed by atoms with Gasteiger partial charge >= 0.3 is 6.09 Å². The highest BCUT2D eigenvalue weighted by atomic mass is 32.1. The second-order valence-electron chi connectivity index (χ2n) is 7.02. The Labute approximate surface area is 171 Å². The SMILES string of the molecule is CCOC(=O)N1CCN(C(=O)[C@H](C)n2nc(C)n3c(cc4sccc43)c2=O)CC1. The summed E-state index contributed by atoms with van der Waals surface area (Å²) < 4.78 is 9.13. The van der Waals surface area contributed by atoms with E-state index in [1.807, 2.05) is 28.8 Å². The Kier molecular flexibility index (Phi) is 5.03. The summed E-state index contributed by atoms with van der Waals surface area (Å²) in [6.45, 7) is 7.22. The minimum absolute atomic E-state index is 0.180. The molecule has 4 heterocycles. The highest BCUT2D eigenvalue weighted by Crippen LogP contribution is 2.24. The molecule has 0 aromatic carbocycles. The number of aromatic nitrogens is 3. The maximum atomic E-state index is 13.0. The molecule has 0 bridgehead atoms. The molecule has 0 radical (unpaired) electrons. The normalized spacial score (nSPS) is 15.8. The van der Waals surface area contributed by atoms with Crippen LogP contribution in [0.15, 0.2) is 22.3 Å². The number of fused-ring (bicyclic) bond motifs is 3. The summed E-state index contributed by atoms with van der Waals surface area (Å²) in [6, 6.07) is 3.08. The van der Waals surface area contributed by atoms with E-state index >= 15 is 0 Å². The standard InChI is InChI=1S/C19H23N5O4S/c1-4-28-19(27)22-8-6-21(7-9-22)17(25)12(2)24-18(26)15-11-16-14(5-10-29-16)23(15)13(3)20-24/h5,10-12H,4,6-9H2,1-3H3/t12-/m0/s1. The Morgan fingerprint density at radius 1 is 1.21 bits per heavy atom. The third-order valence-corrected chi connectivity index (χ3v) is 6.12. The van der Waals surface area contributed by atoms with E-state index in [-0.39, 0.29) is 17.6 Å². The molecule has 0 saturated carbocycles. The van der Waals surface area contributed by atoms with Crippen molar-refractivity contribution < 1.29 is 14.3 Å². The maximum absolute atomic E-state index is 13.0. The molecule has 9 nitrogen and oxygen atoms in total. The lowest BCUT2D eigenvalue weighted by Gasteiger charge is -2.35. The molecule has 0 unspecified atom stereocenters. The summed E-state index contributed by atoms with van der Waals surface area (Å²) in [6.07, 6.45) is -0.361. The third-order valence-electron chi connectivity index (χ3n) is 5.27. The first-order valence-corrected chi connectivity index (χ1v) is 10.5. The van der Waals surface area contributed by atoms with Gasteiger partial charge in [0.05, 0.1) is 16.8 Å². The first-order chi connectivity index (χ1) is 13.9. The van der Waals surface area contributed by atoms with Crippen LogP contribution in [0.25, 0.3) is 15.7 Å². The van der Waals surface area contributed by atoms with Crippen LogP contribution in [0, 0.1) is 6.92 Å². The molecule has 0 N–H and O–H groups in total. The molecule has 3 aromatic rings. The number of aryl methyl sites for hydroxylation is 1. The molecule has 154 valence electrons. The lowest BCUT2D eigenvalue weighted by atomic mass is 10.2. The smallest absolute Gasteiger partial charge is 0.409 e. The van der Waals surface area contributed by atoms with Gasteiger partial charge in [-0.2, -0.15) is 5.10 Å². The molecule has 1 atom stereocenters. The van der Waals surface area contributed by atoms with Gasteiger partial charge in [-0.3, -0.25) is 14.0 Å². The first kappa shape index (κ1) is 19.4. The second kappa shape index (κ2) is 7.51. The Bertz CT molecular complexity index is 1140. The largest absolute Gasteiger partial charge is 0.450 e. The molecule has 3 aromatic heterocycles. The number of ether oxygens (including phenoxy) is 1. The van der Waals surface area contributed by atoms with Crippen LogP contribution in [-0.4, -0.2) is 68.8 Å².